The minimum Gasteiger partial charge on any atom is -0.493 e. The smallest absolute Gasteiger partial charge is 0.338 e. The Labute approximate surface area is 186 Å². The topological polar surface area (TPSA) is 102 Å². The Morgan fingerprint density at radius 2 is 1.72 bits per heavy atom. The van der Waals surface area contributed by atoms with Gasteiger partial charge in [-0.15, -0.1) is 10.2 Å². The van der Waals surface area contributed by atoms with Crippen molar-refractivity contribution in [3.05, 3.63) is 47.9 Å². The van der Waals surface area contributed by atoms with Crippen LogP contribution in [0.3, 0.4) is 0 Å². The number of rotatable bonds is 10. The van der Waals surface area contributed by atoms with Crippen LogP contribution < -0.4 is 18.9 Å². The van der Waals surface area contributed by atoms with Gasteiger partial charge >= 0.3 is 5.97 Å². The van der Waals surface area contributed by atoms with E-state index in [0.29, 0.717) is 46.6 Å². The lowest BCUT2D eigenvalue weighted by Gasteiger charge is -2.12. The Morgan fingerprint density at radius 3 is 2.34 bits per heavy atom. The first-order valence-corrected chi connectivity index (χ1v) is 9.97. The van der Waals surface area contributed by atoms with Gasteiger partial charge in [0.05, 0.1) is 33.5 Å². The number of hydrogen-bond donors (Lipinski definition) is 0. The lowest BCUT2D eigenvalue weighted by atomic mass is 10.2. The van der Waals surface area contributed by atoms with Gasteiger partial charge in [0, 0.05) is 5.56 Å². The molecule has 3 rings (SSSR count). The molecule has 0 atom stereocenters. The molecule has 1 heterocycles. The van der Waals surface area contributed by atoms with Gasteiger partial charge in [0.15, 0.2) is 18.1 Å². The van der Waals surface area contributed by atoms with Gasteiger partial charge in [-0.2, -0.15) is 0 Å². The van der Waals surface area contributed by atoms with Crippen molar-refractivity contribution < 1.29 is 32.9 Å². The minimum atomic E-state index is -0.521. The molecule has 0 spiro atoms. The van der Waals surface area contributed by atoms with Gasteiger partial charge in [-0.25, -0.2) is 4.79 Å². The highest BCUT2D eigenvalue weighted by molar-refractivity contribution is 5.89. The molecule has 0 aliphatic rings. The van der Waals surface area contributed by atoms with Crippen LogP contribution in [0, 0.1) is 5.92 Å². The highest BCUT2D eigenvalue weighted by Crippen LogP contribution is 2.40. The van der Waals surface area contributed by atoms with Gasteiger partial charge in [-0.3, -0.25) is 0 Å². The molecule has 0 aliphatic carbocycles. The summed E-state index contributed by atoms with van der Waals surface area (Å²) in [4.78, 5) is 12.4. The zero-order valence-corrected chi connectivity index (χ0v) is 18.7. The van der Waals surface area contributed by atoms with Crippen LogP contribution in [0.25, 0.3) is 11.5 Å². The lowest BCUT2D eigenvalue weighted by molar-refractivity contribution is 0.0438. The van der Waals surface area contributed by atoms with E-state index in [1.807, 2.05) is 0 Å². The molecule has 0 unspecified atom stereocenters. The molecule has 0 bridgehead atoms. The Balaban J connectivity index is 1.68. The van der Waals surface area contributed by atoms with E-state index in [-0.39, 0.29) is 18.4 Å². The Morgan fingerprint density at radius 1 is 1.00 bits per heavy atom. The van der Waals surface area contributed by atoms with Gasteiger partial charge in [0.1, 0.15) is 5.75 Å². The lowest BCUT2D eigenvalue weighted by Crippen LogP contribution is -2.07. The van der Waals surface area contributed by atoms with Crippen molar-refractivity contribution in [2.75, 3.05) is 27.9 Å². The summed E-state index contributed by atoms with van der Waals surface area (Å²) >= 11 is 0. The summed E-state index contributed by atoms with van der Waals surface area (Å²) in [6.45, 7) is 4.49. The van der Waals surface area contributed by atoms with Gasteiger partial charge < -0.3 is 28.1 Å². The highest BCUT2D eigenvalue weighted by Gasteiger charge is 2.18. The third kappa shape index (κ3) is 5.48. The molecule has 0 radical (unpaired) electrons. The van der Waals surface area contributed by atoms with Crippen LogP contribution >= 0.6 is 0 Å². The molecular formula is C23H26N2O7. The maximum absolute atomic E-state index is 12.4. The molecule has 9 nitrogen and oxygen atoms in total. The fourth-order valence-corrected chi connectivity index (χ4v) is 2.82. The van der Waals surface area contributed by atoms with Crippen LogP contribution in [-0.2, 0) is 11.3 Å². The van der Waals surface area contributed by atoms with E-state index in [9.17, 15) is 4.79 Å². The number of carbonyl (C=O) groups excluding carboxylic acids is 1. The number of carbonyl (C=O) groups is 1. The second-order valence-corrected chi connectivity index (χ2v) is 7.22. The summed E-state index contributed by atoms with van der Waals surface area (Å²) in [5, 5.41) is 7.97. The van der Waals surface area contributed by atoms with Gasteiger partial charge in [0.2, 0.25) is 11.6 Å². The van der Waals surface area contributed by atoms with Crippen molar-refractivity contribution in [2.45, 2.75) is 20.5 Å². The van der Waals surface area contributed by atoms with Gasteiger partial charge in [-0.1, -0.05) is 19.9 Å². The van der Waals surface area contributed by atoms with E-state index in [1.165, 1.54) is 21.3 Å². The van der Waals surface area contributed by atoms with Crippen LogP contribution in [-0.4, -0.2) is 44.1 Å². The monoisotopic (exact) mass is 442 g/mol. The van der Waals surface area contributed by atoms with Crippen molar-refractivity contribution in [3.8, 4) is 34.5 Å². The van der Waals surface area contributed by atoms with Crippen LogP contribution in [0.4, 0.5) is 0 Å². The quantitative estimate of drug-likeness (QED) is 0.428. The van der Waals surface area contributed by atoms with E-state index < -0.39 is 5.97 Å². The van der Waals surface area contributed by atoms with Crippen molar-refractivity contribution in [1.29, 1.82) is 0 Å². The van der Waals surface area contributed by atoms with Crippen LogP contribution in [0.15, 0.2) is 40.8 Å². The van der Waals surface area contributed by atoms with Crippen molar-refractivity contribution in [3.63, 3.8) is 0 Å². The average Bonchev–Trinajstić information content (AvgIpc) is 3.29. The second-order valence-electron chi connectivity index (χ2n) is 7.22. The molecule has 0 amide bonds. The standard InChI is InChI=1S/C23H26N2O7/c1-14(2)12-30-17-8-6-7-15(9-17)23(26)31-13-20-24-25-22(32-20)16-10-18(27-3)21(29-5)19(11-16)28-4/h6-11,14H,12-13H2,1-5H3. The Kier molecular flexibility index (Phi) is 7.54. The Hall–Kier alpha value is -3.75. The van der Waals surface area contributed by atoms with E-state index in [4.69, 9.17) is 28.1 Å². The summed E-state index contributed by atoms with van der Waals surface area (Å²) in [5.74, 6) is 2.19. The molecule has 9 heteroatoms. The third-order valence-electron chi connectivity index (χ3n) is 4.36. The summed E-state index contributed by atoms with van der Waals surface area (Å²) in [7, 11) is 4.55. The van der Waals surface area contributed by atoms with E-state index in [0.717, 1.165) is 0 Å². The van der Waals surface area contributed by atoms with Crippen LogP contribution in [0.1, 0.15) is 30.1 Å². The fourth-order valence-electron chi connectivity index (χ4n) is 2.82. The molecule has 0 saturated heterocycles. The average molecular weight is 442 g/mol. The molecule has 0 saturated carbocycles. The fraction of sp³-hybridized carbons (Fsp3) is 0.348. The van der Waals surface area contributed by atoms with Crippen LogP contribution in [0.5, 0.6) is 23.0 Å². The number of aromatic nitrogens is 2. The third-order valence-corrected chi connectivity index (χ3v) is 4.36. The predicted octanol–water partition coefficient (Wildman–Crippen LogP) is 4.15. The molecule has 2 aromatic carbocycles. The Bertz CT molecular complexity index is 1040. The summed E-state index contributed by atoms with van der Waals surface area (Å²) in [5.41, 5.74) is 0.940. The molecule has 1 aromatic heterocycles. The van der Waals surface area contributed by atoms with Crippen molar-refractivity contribution in [2.24, 2.45) is 5.92 Å². The number of methoxy groups -OCH3 is 3. The largest absolute Gasteiger partial charge is 0.493 e. The summed E-state index contributed by atoms with van der Waals surface area (Å²) < 4.78 is 32.6. The van der Waals surface area contributed by atoms with Crippen LogP contribution in [0.2, 0.25) is 0 Å². The molecule has 0 aliphatic heterocycles. The molecule has 0 N–H and O–H groups in total. The molecule has 3 aromatic rings. The minimum absolute atomic E-state index is 0.148. The number of hydrogen-bond acceptors (Lipinski definition) is 9. The van der Waals surface area contributed by atoms with Crippen molar-refractivity contribution in [1.82, 2.24) is 10.2 Å². The first kappa shape index (κ1) is 22.9. The zero-order chi connectivity index (χ0) is 23.1. The number of esters is 1. The second kappa shape index (κ2) is 10.5. The maximum atomic E-state index is 12.4. The van der Waals surface area contributed by atoms with Gasteiger partial charge in [-0.05, 0) is 36.2 Å². The number of benzene rings is 2. The molecular weight excluding hydrogens is 416 g/mol. The predicted molar refractivity (Wildman–Crippen MR) is 115 cm³/mol. The molecule has 170 valence electrons. The van der Waals surface area contributed by atoms with Gasteiger partial charge in [0.25, 0.3) is 5.89 Å². The van der Waals surface area contributed by atoms with Crippen molar-refractivity contribution >= 4 is 5.97 Å². The van der Waals surface area contributed by atoms with E-state index in [1.54, 1.807) is 36.4 Å². The first-order valence-electron chi connectivity index (χ1n) is 9.97. The SMILES string of the molecule is COc1cc(-c2nnc(COC(=O)c3cccc(OCC(C)C)c3)o2)cc(OC)c1OC. The first-order chi connectivity index (χ1) is 15.4. The maximum Gasteiger partial charge on any atom is 0.338 e. The number of ether oxygens (including phenoxy) is 5. The van der Waals surface area contributed by atoms with E-state index >= 15 is 0 Å². The summed E-state index contributed by atoms with van der Waals surface area (Å²) in [6, 6.07) is 10.2. The molecule has 32 heavy (non-hydrogen) atoms. The summed E-state index contributed by atoms with van der Waals surface area (Å²) in [6.07, 6.45) is 0. The normalized spacial score (nSPS) is 10.7. The number of nitrogens with zero attached hydrogens (tertiary/aromatic N) is 2. The van der Waals surface area contributed by atoms with E-state index in [2.05, 4.69) is 24.0 Å². The highest BCUT2D eigenvalue weighted by atomic mass is 16.5. The zero-order valence-electron chi connectivity index (χ0n) is 18.7. The molecule has 0 fully saturated rings.